The maximum atomic E-state index is 13.5. The molecule has 190 valence electrons. The van der Waals surface area contributed by atoms with Gasteiger partial charge in [0.05, 0.1) is 16.1 Å². The molecule has 2 atom stereocenters. The molecule has 0 aliphatic carbocycles. The lowest BCUT2D eigenvalue weighted by atomic mass is 9.86. The van der Waals surface area contributed by atoms with Crippen LogP contribution < -0.4 is 0 Å². The lowest BCUT2D eigenvalue weighted by molar-refractivity contribution is -0.126. The predicted molar refractivity (Wildman–Crippen MR) is 139 cm³/mol. The number of aromatic amines is 1. The van der Waals surface area contributed by atoms with Crippen molar-refractivity contribution in [3.05, 3.63) is 70.1 Å². The average Bonchev–Trinajstić information content (AvgIpc) is 3.25. The van der Waals surface area contributed by atoms with Crippen molar-refractivity contribution in [1.29, 1.82) is 0 Å². The van der Waals surface area contributed by atoms with Gasteiger partial charge < -0.3 is 14.8 Å². The molecule has 0 bridgehead atoms. The lowest BCUT2D eigenvalue weighted by Gasteiger charge is -2.38. The van der Waals surface area contributed by atoms with Crippen LogP contribution in [0.1, 0.15) is 59.9 Å². The van der Waals surface area contributed by atoms with Gasteiger partial charge in [-0.15, -0.1) is 0 Å². The number of halogens is 2. The number of hydrogen-bond acceptors (Lipinski definition) is 3. The first-order valence-corrected chi connectivity index (χ1v) is 12.6. The van der Waals surface area contributed by atoms with E-state index in [9.17, 15) is 18.8 Å². The van der Waals surface area contributed by atoms with E-state index in [1.165, 1.54) is 23.2 Å². The third-order valence-electron chi connectivity index (χ3n) is 7.22. The number of benzene rings is 2. The van der Waals surface area contributed by atoms with Gasteiger partial charge in [-0.2, -0.15) is 0 Å². The third-order valence-corrected chi connectivity index (χ3v) is 7.53. The van der Waals surface area contributed by atoms with Gasteiger partial charge in [0.1, 0.15) is 5.82 Å². The van der Waals surface area contributed by atoms with Crippen LogP contribution in [0.3, 0.4) is 0 Å². The number of nitrogens with zero attached hydrogens (tertiary/aromatic N) is 2. The van der Waals surface area contributed by atoms with Crippen LogP contribution >= 0.6 is 11.6 Å². The largest absolute Gasteiger partial charge is 0.360 e. The molecular formula is C28H31ClFN3O3. The highest BCUT2D eigenvalue weighted by Crippen LogP contribution is 2.31. The van der Waals surface area contributed by atoms with Crippen LogP contribution in [0.15, 0.2) is 42.6 Å². The summed E-state index contributed by atoms with van der Waals surface area (Å²) in [6, 6.07) is 9.70. The zero-order chi connectivity index (χ0) is 26.1. The second-order valence-electron chi connectivity index (χ2n) is 9.99. The van der Waals surface area contributed by atoms with Crippen LogP contribution in [-0.2, 0) is 11.2 Å². The van der Waals surface area contributed by atoms with Gasteiger partial charge in [0, 0.05) is 42.8 Å². The Morgan fingerprint density at radius 2 is 1.86 bits per heavy atom. The Balaban J connectivity index is 1.53. The molecule has 36 heavy (non-hydrogen) atoms. The molecule has 2 aromatic carbocycles. The first-order chi connectivity index (χ1) is 17.1. The fourth-order valence-electron chi connectivity index (χ4n) is 4.87. The normalized spacial score (nSPS) is 18.0. The Morgan fingerprint density at radius 1 is 1.17 bits per heavy atom. The highest BCUT2D eigenvalue weighted by atomic mass is 35.5. The molecule has 2 heterocycles. The summed E-state index contributed by atoms with van der Waals surface area (Å²) in [6.45, 7) is 6.27. The van der Waals surface area contributed by atoms with E-state index < -0.39 is 11.7 Å². The summed E-state index contributed by atoms with van der Waals surface area (Å²) in [5, 5.41) is 0.789. The van der Waals surface area contributed by atoms with Crippen LogP contribution in [-0.4, -0.2) is 58.1 Å². The first kappa shape index (κ1) is 25.9. The summed E-state index contributed by atoms with van der Waals surface area (Å²) in [5.74, 6) is -1.28. The van der Waals surface area contributed by atoms with Gasteiger partial charge in [0.2, 0.25) is 0 Å². The van der Waals surface area contributed by atoms with Crippen molar-refractivity contribution < 1.29 is 18.8 Å². The topological polar surface area (TPSA) is 73.5 Å². The minimum absolute atomic E-state index is 0.00272. The minimum atomic E-state index is -0.631. The van der Waals surface area contributed by atoms with E-state index in [-0.39, 0.29) is 29.4 Å². The van der Waals surface area contributed by atoms with E-state index in [4.69, 9.17) is 11.6 Å². The Kier molecular flexibility index (Phi) is 7.50. The number of aromatic nitrogens is 1. The summed E-state index contributed by atoms with van der Waals surface area (Å²) in [4.78, 5) is 45.3. The van der Waals surface area contributed by atoms with E-state index in [0.29, 0.717) is 34.0 Å². The van der Waals surface area contributed by atoms with Gasteiger partial charge in [-0.25, -0.2) is 4.39 Å². The molecule has 6 nitrogen and oxygen atoms in total. The van der Waals surface area contributed by atoms with E-state index in [1.54, 1.807) is 19.2 Å². The van der Waals surface area contributed by atoms with Crippen LogP contribution in [0.2, 0.25) is 5.02 Å². The van der Waals surface area contributed by atoms with Crippen LogP contribution in [0, 0.1) is 11.7 Å². The van der Waals surface area contributed by atoms with Crippen molar-refractivity contribution in [2.24, 2.45) is 5.92 Å². The highest BCUT2D eigenvalue weighted by molar-refractivity contribution is 6.45. The number of likely N-dealkylation sites (N-methyl/N-ethyl adjacent to an activating group) is 1. The first-order valence-electron chi connectivity index (χ1n) is 12.2. The van der Waals surface area contributed by atoms with Crippen LogP contribution in [0.4, 0.5) is 4.39 Å². The lowest BCUT2D eigenvalue weighted by Crippen LogP contribution is -2.45. The number of amides is 2. The molecule has 3 aromatic rings. The van der Waals surface area contributed by atoms with Crippen molar-refractivity contribution in [2.45, 2.75) is 52.1 Å². The fraction of sp³-hybridized carbons (Fsp3) is 0.393. The number of piperidine rings is 1. The molecule has 2 unspecified atom stereocenters. The molecule has 1 aliphatic heterocycles. The van der Waals surface area contributed by atoms with Gasteiger partial charge in [-0.1, -0.05) is 23.7 Å². The van der Waals surface area contributed by atoms with Crippen molar-refractivity contribution in [2.75, 3.05) is 13.6 Å². The number of carbonyl (C=O) groups excluding carboxylic acids is 3. The highest BCUT2D eigenvalue weighted by Gasteiger charge is 2.31. The van der Waals surface area contributed by atoms with E-state index in [0.717, 1.165) is 24.8 Å². The maximum Gasteiger partial charge on any atom is 0.295 e. The van der Waals surface area contributed by atoms with Crippen molar-refractivity contribution >= 4 is 40.1 Å². The molecular weight excluding hydrogens is 481 g/mol. The number of nitrogens with one attached hydrogen (secondary N) is 1. The van der Waals surface area contributed by atoms with E-state index in [2.05, 4.69) is 4.98 Å². The zero-order valence-corrected chi connectivity index (χ0v) is 21.7. The number of likely N-dealkylation sites (tertiary alicyclic amines) is 1. The maximum absolute atomic E-state index is 13.5. The molecule has 2 amide bonds. The van der Waals surface area contributed by atoms with Gasteiger partial charge in [0.15, 0.2) is 0 Å². The molecule has 0 spiro atoms. The van der Waals surface area contributed by atoms with Crippen LogP contribution in [0.25, 0.3) is 10.9 Å². The Morgan fingerprint density at radius 3 is 2.50 bits per heavy atom. The number of carbonyl (C=O) groups is 3. The standard InChI is InChI=1S/C28H31ClFN3O3/c1-16(2)32(4)28(36)26(34)23-15-31-25-14-24(29)22(13-21(23)25)27(35)33-10-9-19(11-17(33)3)12-18-5-7-20(30)8-6-18/h5-8,13-17,19,31H,9-12H2,1-4H3. The summed E-state index contributed by atoms with van der Waals surface area (Å²) in [7, 11) is 1.59. The molecule has 1 saturated heterocycles. The quantitative estimate of drug-likeness (QED) is 0.351. The smallest absolute Gasteiger partial charge is 0.295 e. The number of H-pyrrole nitrogens is 1. The van der Waals surface area contributed by atoms with Gasteiger partial charge in [0.25, 0.3) is 17.6 Å². The Labute approximate surface area is 215 Å². The minimum Gasteiger partial charge on any atom is -0.360 e. The summed E-state index contributed by atoms with van der Waals surface area (Å²) in [6.07, 6.45) is 3.99. The molecule has 0 saturated carbocycles. The third kappa shape index (κ3) is 5.16. The van der Waals surface area contributed by atoms with Crippen LogP contribution in [0.5, 0.6) is 0 Å². The summed E-state index contributed by atoms with van der Waals surface area (Å²) in [5.41, 5.74) is 2.21. The molecule has 8 heteroatoms. The number of fused-ring (bicyclic) bond motifs is 1. The average molecular weight is 512 g/mol. The van der Waals surface area contributed by atoms with Gasteiger partial charge >= 0.3 is 0 Å². The second kappa shape index (κ2) is 10.4. The van der Waals surface area contributed by atoms with E-state index in [1.807, 2.05) is 37.8 Å². The summed E-state index contributed by atoms with van der Waals surface area (Å²) >= 11 is 6.50. The monoisotopic (exact) mass is 511 g/mol. The number of Topliss-reactive ketones (excluding diaryl/α,β-unsaturated/α-hetero) is 1. The molecule has 1 aliphatic rings. The SMILES string of the molecule is CC(C)N(C)C(=O)C(=O)c1c[nH]c2cc(Cl)c(C(=O)N3CCC(Cc4ccc(F)cc4)CC3C)cc12. The predicted octanol–water partition coefficient (Wildman–Crippen LogP) is 5.49. The summed E-state index contributed by atoms with van der Waals surface area (Å²) < 4.78 is 13.2. The molecule has 1 fully saturated rings. The van der Waals surface area contributed by atoms with Gasteiger partial charge in [-0.3, -0.25) is 14.4 Å². The fourth-order valence-corrected chi connectivity index (χ4v) is 5.11. The Hall–Kier alpha value is -3.19. The number of hydrogen-bond donors (Lipinski definition) is 1. The number of ketones is 1. The van der Waals surface area contributed by atoms with Crippen molar-refractivity contribution in [1.82, 2.24) is 14.8 Å². The zero-order valence-electron chi connectivity index (χ0n) is 21.0. The van der Waals surface area contributed by atoms with Crippen molar-refractivity contribution in [3.8, 4) is 0 Å². The van der Waals surface area contributed by atoms with Crippen molar-refractivity contribution in [3.63, 3.8) is 0 Å². The van der Waals surface area contributed by atoms with Gasteiger partial charge in [-0.05, 0) is 75.8 Å². The second-order valence-corrected chi connectivity index (χ2v) is 10.4. The Bertz CT molecular complexity index is 1300. The molecule has 4 rings (SSSR count). The molecule has 1 N–H and O–H groups in total. The molecule has 0 radical (unpaired) electrons. The molecule has 1 aromatic heterocycles. The van der Waals surface area contributed by atoms with E-state index >= 15 is 0 Å². The number of rotatable bonds is 6.